The van der Waals surface area contributed by atoms with Crippen LogP contribution in [0.3, 0.4) is 0 Å². The zero-order chi connectivity index (χ0) is 19.6. The number of hydrogen-bond acceptors (Lipinski definition) is 3. The van der Waals surface area contributed by atoms with Crippen molar-refractivity contribution in [1.29, 1.82) is 0 Å². The molecule has 0 fully saturated rings. The Balaban J connectivity index is 2.36. The van der Waals surface area contributed by atoms with E-state index in [2.05, 4.69) is 5.32 Å². The Hall–Kier alpha value is -2.34. The third-order valence-electron chi connectivity index (χ3n) is 4.30. The van der Waals surface area contributed by atoms with Crippen LogP contribution in [-0.2, 0) is 14.8 Å². The van der Waals surface area contributed by atoms with E-state index in [4.69, 9.17) is 0 Å². The highest BCUT2D eigenvalue weighted by Crippen LogP contribution is 2.25. The minimum absolute atomic E-state index is 0.369. The predicted octanol–water partition coefficient (Wildman–Crippen LogP) is 3.71. The van der Waals surface area contributed by atoms with Crippen molar-refractivity contribution in [3.8, 4) is 0 Å². The third-order valence-corrected chi connectivity index (χ3v) is 5.54. The Bertz CT molecular complexity index is 896. The molecule has 1 atom stereocenters. The van der Waals surface area contributed by atoms with E-state index in [1.165, 1.54) is 0 Å². The van der Waals surface area contributed by atoms with Gasteiger partial charge in [-0.2, -0.15) is 0 Å². The lowest BCUT2D eigenvalue weighted by atomic mass is 10.0. The van der Waals surface area contributed by atoms with Gasteiger partial charge in [-0.15, -0.1) is 0 Å². The molecule has 0 aliphatic carbocycles. The number of anilines is 2. The van der Waals surface area contributed by atoms with E-state index in [-0.39, 0.29) is 5.91 Å². The summed E-state index contributed by atoms with van der Waals surface area (Å²) < 4.78 is 25.8. The van der Waals surface area contributed by atoms with Crippen molar-refractivity contribution in [3.05, 3.63) is 58.7 Å². The first-order chi connectivity index (χ1) is 12.0. The molecule has 0 saturated heterocycles. The van der Waals surface area contributed by atoms with Gasteiger partial charge in [-0.1, -0.05) is 35.4 Å². The lowest BCUT2D eigenvalue weighted by molar-refractivity contribution is -0.116. The highest BCUT2D eigenvalue weighted by atomic mass is 32.2. The zero-order valence-corrected chi connectivity index (χ0v) is 16.9. The van der Waals surface area contributed by atoms with Gasteiger partial charge >= 0.3 is 0 Å². The summed E-state index contributed by atoms with van der Waals surface area (Å²) in [6, 6.07) is 10.2. The summed E-state index contributed by atoms with van der Waals surface area (Å²) in [6.07, 6.45) is 1.11. The molecule has 0 radical (unpaired) electrons. The Morgan fingerprint density at radius 2 is 1.46 bits per heavy atom. The maximum atomic E-state index is 12.8. The van der Waals surface area contributed by atoms with Gasteiger partial charge in [0.2, 0.25) is 15.9 Å². The van der Waals surface area contributed by atoms with E-state index in [1.807, 2.05) is 52.0 Å². The van der Waals surface area contributed by atoms with Crippen molar-refractivity contribution < 1.29 is 13.2 Å². The molecule has 0 bridgehead atoms. The number of benzene rings is 2. The summed E-state index contributed by atoms with van der Waals surface area (Å²) in [5.74, 6) is -0.369. The summed E-state index contributed by atoms with van der Waals surface area (Å²) in [5.41, 5.74) is 5.23. The van der Waals surface area contributed by atoms with Crippen LogP contribution in [0.2, 0.25) is 0 Å². The molecule has 0 spiro atoms. The number of rotatable bonds is 5. The molecule has 5 nitrogen and oxygen atoms in total. The number of aryl methyl sites for hydroxylation is 4. The summed E-state index contributed by atoms with van der Waals surface area (Å²) in [5, 5.41) is 2.89. The first-order valence-electron chi connectivity index (χ1n) is 8.45. The topological polar surface area (TPSA) is 66.5 Å². The van der Waals surface area contributed by atoms with Crippen molar-refractivity contribution in [1.82, 2.24) is 0 Å². The highest BCUT2D eigenvalue weighted by molar-refractivity contribution is 7.92. The second-order valence-corrected chi connectivity index (χ2v) is 8.69. The number of sulfonamides is 1. The van der Waals surface area contributed by atoms with Crippen molar-refractivity contribution >= 4 is 27.3 Å². The minimum Gasteiger partial charge on any atom is -0.324 e. The fourth-order valence-corrected chi connectivity index (χ4v) is 4.28. The van der Waals surface area contributed by atoms with Gasteiger partial charge in [0.05, 0.1) is 11.9 Å². The first-order valence-corrected chi connectivity index (χ1v) is 10.3. The van der Waals surface area contributed by atoms with Crippen LogP contribution in [0.25, 0.3) is 0 Å². The van der Waals surface area contributed by atoms with Crippen LogP contribution in [0.1, 0.15) is 29.2 Å². The van der Waals surface area contributed by atoms with E-state index in [9.17, 15) is 13.2 Å². The molecule has 1 amide bonds. The van der Waals surface area contributed by atoms with Gasteiger partial charge in [0.25, 0.3) is 0 Å². The maximum Gasteiger partial charge on any atom is 0.248 e. The van der Waals surface area contributed by atoms with Crippen LogP contribution in [-0.4, -0.2) is 26.6 Å². The molecular formula is C20H26N2O3S. The Morgan fingerprint density at radius 3 is 1.92 bits per heavy atom. The van der Waals surface area contributed by atoms with E-state index >= 15 is 0 Å². The second kappa shape index (κ2) is 7.50. The maximum absolute atomic E-state index is 12.8. The quantitative estimate of drug-likeness (QED) is 0.867. The van der Waals surface area contributed by atoms with E-state index in [0.717, 1.165) is 38.5 Å². The summed E-state index contributed by atoms with van der Waals surface area (Å²) >= 11 is 0. The van der Waals surface area contributed by atoms with Crippen LogP contribution < -0.4 is 9.62 Å². The normalized spacial score (nSPS) is 12.5. The number of nitrogens with one attached hydrogen (secondary N) is 1. The van der Waals surface area contributed by atoms with E-state index in [0.29, 0.717) is 5.69 Å². The second-order valence-electron chi connectivity index (χ2n) is 6.83. The van der Waals surface area contributed by atoms with Crippen LogP contribution in [0.4, 0.5) is 11.4 Å². The van der Waals surface area contributed by atoms with Crippen LogP contribution >= 0.6 is 0 Å². The number of carbonyl (C=O) groups excluding carboxylic acids is 1. The smallest absolute Gasteiger partial charge is 0.248 e. The molecule has 26 heavy (non-hydrogen) atoms. The fraction of sp³-hybridized carbons (Fsp3) is 0.350. The molecule has 0 heterocycles. The Labute approximate surface area is 156 Å². The van der Waals surface area contributed by atoms with Crippen molar-refractivity contribution in [3.63, 3.8) is 0 Å². The molecule has 0 saturated carbocycles. The largest absolute Gasteiger partial charge is 0.324 e. The lowest BCUT2D eigenvalue weighted by Gasteiger charge is -2.28. The van der Waals surface area contributed by atoms with Crippen molar-refractivity contribution in [2.45, 2.75) is 40.7 Å². The zero-order valence-electron chi connectivity index (χ0n) is 16.1. The van der Waals surface area contributed by atoms with Gasteiger partial charge in [0.15, 0.2) is 0 Å². The third kappa shape index (κ3) is 4.43. The van der Waals surface area contributed by atoms with Gasteiger partial charge in [0, 0.05) is 5.69 Å². The molecule has 0 aliphatic rings. The molecule has 0 unspecified atom stereocenters. The Kier molecular flexibility index (Phi) is 5.76. The van der Waals surface area contributed by atoms with Crippen LogP contribution in [0.5, 0.6) is 0 Å². The van der Waals surface area contributed by atoms with Gasteiger partial charge in [-0.05, 0) is 57.9 Å². The first kappa shape index (κ1) is 20.0. The molecular weight excluding hydrogens is 348 g/mol. The van der Waals surface area contributed by atoms with Crippen LogP contribution in [0, 0.1) is 27.7 Å². The summed E-state index contributed by atoms with van der Waals surface area (Å²) in [4.78, 5) is 12.8. The minimum atomic E-state index is -3.62. The van der Waals surface area contributed by atoms with Crippen molar-refractivity contribution in [2.24, 2.45) is 0 Å². The Morgan fingerprint density at radius 1 is 0.962 bits per heavy atom. The molecule has 6 heteroatoms. The SMILES string of the molecule is Cc1ccc(N([C@@H](C)C(=O)Nc2c(C)cc(C)cc2C)S(C)(=O)=O)cc1. The average molecular weight is 375 g/mol. The lowest BCUT2D eigenvalue weighted by Crippen LogP contribution is -2.45. The standard InChI is InChI=1S/C20H26N2O3S/c1-13-7-9-18(10-8-13)22(26(6,24)25)17(5)20(23)21-19-15(3)11-14(2)12-16(19)4/h7-12,17H,1-6H3,(H,21,23)/t17-/m0/s1. The predicted molar refractivity (Wildman–Crippen MR) is 107 cm³/mol. The summed E-state index contributed by atoms with van der Waals surface area (Å²) in [6.45, 7) is 9.36. The average Bonchev–Trinajstić information content (AvgIpc) is 2.51. The van der Waals surface area contributed by atoms with E-state index < -0.39 is 16.1 Å². The molecule has 2 rings (SSSR count). The number of hydrogen-bond donors (Lipinski definition) is 1. The van der Waals surface area contributed by atoms with Gasteiger partial charge < -0.3 is 5.32 Å². The molecule has 140 valence electrons. The summed E-state index contributed by atoms with van der Waals surface area (Å²) in [7, 11) is -3.62. The molecule has 2 aromatic rings. The van der Waals surface area contributed by atoms with Crippen LogP contribution in [0.15, 0.2) is 36.4 Å². The number of carbonyl (C=O) groups is 1. The number of amides is 1. The number of nitrogens with zero attached hydrogens (tertiary/aromatic N) is 1. The van der Waals surface area contributed by atoms with Gasteiger partial charge in [-0.3, -0.25) is 9.10 Å². The molecule has 1 N–H and O–H groups in total. The van der Waals surface area contributed by atoms with Gasteiger partial charge in [-0.25, -0.2) is 8.42 Å². The van der Waals surface area contributed by atoms with Crippen molar-refractivity contribution in [2.75, 3.05) is 15.9 Å². The molecule has 2 aromatic carbocycles. The van der Waals surface area contributed by atoms with E-state index in [1.54, 1.807) is 19.1 Å². The molecule has 0 aliphatic heterocycles. The monoisotopic (exact) mass is 374 g/mol. The highest BCUT2D eigenvalue weighted by Gasteiger charge is 2.29. The molecule has 0 aromatic heterocycles. The fourth-order valence-electron chi connectivity index (χ4n) is 3.11. The van der Waals surface area contributed by atoms with Gasteiger partial charge in [0.1, 0.15) is 6.04 Å².